The van der Waals surface area contributed by atoms with E-state index >= 15 is 0 Å². The Labute approximate surface area is 83.7 Å². The number of aromatic nitrogens is 1. The summed E-state index contributed by atoms with van der Waals surface area (Å²) in [6.07, 6.45) is 2.99. The zero-order valence-electron chi connectivity index (χ0n) is 8.31. The molecule has 0 aromatic carbocycles. The minimum absolute atomic E-state index is 0.0434. The lowest BCUT2D eigenvalue weighted by atomic mass is 10.3. The Morgan fingerprint density at radius 2 is 2.36 bits per heavy atom. The van der Waals surface area contributed by atoms with Crippen molar-refractivity contribution in [3.05, 3.63) is 30.1 Å². The molecule has 1 rings (SSSR count). The summed E-state index contributed by atoms with van der Waals surface area (Å²) in [5.74, 6) is 5.54. The Bertz CT molecular complexity index is 287. The molecule has 0 bridgehead atoms. The second-order valence-electron chi connectivity index (χ2n) is 3.09. The maximum atomic E-state index is 11.3. The van der Waals surface area contributed by atoms with Crippen molar-refractivity contribution in [2.24, 2.45) is 5.84 Å². The van der Waals surface area contributed by atoms with E-state index in [4.69, 9.17) is 5.84 Å². The van der Waals surface area contributed by atoms with E-state index in [9.17, 15) is 4.79 Å². The van der Waals surface area contributed by atoms with Crippen LogP contribution in [-0.4, -0.2) is 15.9 Å². The minimum atomic E-state index is -0.0434. The first-order valence-corrected chi connectivity index (χ1v) is 4.69. The third-order valence-electron chi connectivity index (χ3n) is 1.84. The molecule has 76 valence electrons. The van der Waals surface area contributed by atoms with E-state index in [2.05, 4.69) is 4.98 Å². The molecule has 0 unspecified atom stereocenters. The molecule has 2 N–H and O–H groups in total. The third kappa shape index (κ3) is 3.14. The molecule has 4 heteroatoms. The zero-order valence-corrected chi connectivity index (χ0v) is 8.31. The van der Waals surface area contributed by atoms with Crippen LogP contribution in [-0.2, 0) is 11.3 Å². The van der Waals surface area contributed by atoms with Crippen molar-refractivity contribution in [3.63, 3.8) is 0 Å². The van der Waals surface area contributed by atoms with Gasteiger partial charge in [-0.1, -0.05) is 13.0 Å². The number of nitrogens with zero attached hydrogens (tertiary/aromatic N) is 2. The number of nitrogens with two attached hydrogens (primary N) is 1. The summed E-state index contributed by atoms with van der Waals surface area (Å²) in [6.45, 7) is 2.33. The van der Waals surface area contributed by atoms with E-state index in [1.165, 1.54) is 5.01 Å². The first kappa shape index (κ1) is 10.7. The van der Waals surface area contributed by atoms with Gasteiger partial charge in [-0.15, -0.1) is 0 Å². The molecule has 1 aromatic rings. The first-order chi connectivity index (χ1) is 6.74. The van der Waals surface area contributed by atoms with Gasteiger partial charge in [-0.2, -0.15) is 0 Å². The molecule has 0 spiro atoms. The van der Waals surface area contributed by atoms with Gasteiger partial charge in [0.1, 0.15) is 0 Å². The predicted octanol–water partition coefficient (Wildman–Crippen LogP) is 1.08. The van der Waals surface area contributed by atoms with E-state index in [0.717, 1.165) is 12.1 Å². The molecule has 0 saturated heterocycles. The summed E-state index contributed by atoms with van der Waals surface area (Å²) in [4.78, 5) is 15.4. The quantitative estimate of drug-likeness (QED) is 0.442. The molecule has 0 radical (unpaired) electrons. The lowest BCUT2D eigenvalue weighted by molar-refractivity contribution is -0.132. The van der Waals surface area contributed by atoms with Crippen LogP contribution in [0.3, 0.4) is 0 Å². The topological polar surface area (TPSA) is 59.2 Å². The predicted molar refractivity (Wildman–Crippen MR) is 53.9 cm³/mol. The molecular weight excluding hydrogens is 178 g/mol. The zero-order chi connectivity index (χ0) is 10.4. The molecular formula is C10H15N3O. The number of hydrogen-bond donors (Lipinski definition) is 1. The fraction of sp³-hybridized carbons (Fsp3) is 0.400. The van der Waals surface area contributed by atoms with Crippen LogP contribution >= 0.6 is 0 Å². The average molecular weight is 193 g/mol. The second-order valence-corrected chi connectivity index (χ2v) is 3.09. The van der Waals surface area contributed by atoms with Crippen molar-refractivity contribution in [1.82, 2.24) is 9.99 Å². The van der Waals surface area contributed by atoms with Gasteiger partial charge in [0.15, 0.2) is 0 Å². The molecule has 1 amide bonds. The highest BCUT2D eigenvalue weighted by molar-refractivity contribution is 5.75. The van der Waals surface area contributed by atoms with Crippen LogP contribution in [0.15, 0.2) is 24.4 Å². The lowest BCUT2D eigenvalue weighted by Gasteiger charge is -2.15. The van der Waals surface area contributed by atoms with Gasteiger partial charge in [0.25, 0.3) is 0 Å². The Hall–Kier alpha value is -1.42. The molecule has 0 atom stereocenters. The van der Waals surface area contributed by atoms with Crippen LogP contribution in [0.2, 0.25) is 0 Å². The Balaban J connectivity index is 2.49. The molecule has 0 fully saturated rings. The fourth-order valence-electron chi connectivity index (χ4n) is 1.11. The number of carbonyl (C=O) groups excluding carboxylic acids is 1. The number of hydrazine groups is 1. The van der Waals surface area contributed by atoms with Crippen LogP contribution < -0.4 is 5.84 Å². The summed E-state index contributed by atoms with van der Waals surface area (Å²) in [5, 5.41) is 1.21. The van der Waals surface area contributed by atoms with Crippen molar-refractivity contribution in [2.45, 2.75) is 26.3 Å². The Morgan fingerprint density at radius 3 is 2.93 bits per heavy atom. The van der Waals surface area contributed by atoms with Crippen molar-refractivity contribution >= 4 is 5.91 Å². The Kier molecular flexibility index (Phi) is 4.07. The van der Waals surface area contributed by atoms with Crippen LogP contribution in [0.4, 0.5) is 0 Å². The SMILES string of the molecule is CCCC(=O)N(N)Cc1ccccn1. The number of hydrogen-bond acceptors (Lipinski definition) is 3. The van der Waals surface area contributed by atoms with Gasteiger partial charge in [0.2, 0.25) is 5.91 Å². The highest BCUT2D eigenvalue weighted by Gasteiger charge is 2.08. The lowest BCUT2D eigenvalue weighted by Crippen LogP contribution is -2.36. The summed E-state index contributed by atoms with van der Waals surface area (Å²) >= 11 is 0. The van der Waals surface area contributed by atoms with Crippen molar-refractivity contribution in [1.29, 1.82) is 0 Å². The third-order valence-corrected chi connectivity index (χ3v) is 1.84. The second kappa shape index (κ2) is 5.34. The molecule has 0 saturated carbocycles. The number of carbonyl (C=O) groups is 1. The maximum absolute atomic E-state index is 11.3. The van der Waals surface area contributed by atoms with E-state index in [1.807, 2.05) is 25.1 Å². The standard InChI is InChI=1S/C10H15N3O/c1-2-5-10(14)13(11)8-9-6-3-4-7-12-9/h3-4,6-7H,2,5,8,11H2,1H3. The summed E-state index contributed by atoms with van der Waals surface area (Å²) in [5.41, 5.74) is 0.805. The smallest absolute Gasteiger partial charge is 0.236 e. The summed E-state index contributed by atoms with van der Waals surface area (Å²) in [7, 11) is 0. The van der Waals surface area contributed by atoms with Crippen LogP contribution in [0.25, 0.3) is 0 Å². The fourth-order valence-corrected chi connectivity index (χ4v) is 1.11. The molecule has 0 aliphatic carbocycles. The summed E-state index contributed by atoms with van der Waals surface area (Å²) < 4.78 is 0. The highest BCUT2D eigenvalue weighted by atomic mass is 16.2. The molecule has 0 aliphatic rings. The van der Waals surface area contributed by atoms with E-state index < -0.39 is 0 Å². The number of pyridine rings is 1. The van der Waals surface area contributed by atoms with Crippen molar-refractivity contribution < 1.29 is 4.79 Å². The molecule has 14 heavy (non-hydrogen) atoms. The van der Waals surface area contributed by atoms with E-state index in [-0.39, 0.29) is 5.91 Å². The van der Waals surface area contributed by atoms with Gasteiger partial charge in [-0.05, 0) is 18.6 Å². The highest BCUT2D eigenvalue weighted by Crippen LogP contribution is 1.99. The Morgan fingerprint density at radius 1 is 1.57 bits per heavy atom. The average Bonchev–Trinajstić information content (AvgIpc) is 2.19. The summed E-state index contributed by atoms with van der Waals surface area (Å²) in [6, 6.07) is 5.55. The normalized spacial score (nSPS) is 9.86. The van der Waals surface area contributed by atoms with Crippen molar-refractivity contribution in [2.75, 3.05) is 0 Å². The maximum Gasteiger partial charge on any atom is 0.236 e. The van der Waals surface area contributed by atoms with Crippen LogP contribution in [0.5, 0.6) is 0 Å². The van der Waals surface area contributed by atoms with Gasteiger partial charge < -0.3 is 0 Å². The number of amides is 1. The van der Waals surface area contributed by atoms with Crippen LogP contribution in [0, 0.1) is 0 Å². The molecule has 1 aromatic heterocycles. The first-order valence-electron chi connectivity index (χ1n) is 4.69. The minimum Gasteiger partial charge on any atom is -0.275 e. The van der Waals surface area contributed by atoms with Crippen molar-refractivity contribution in [3.8, 4) is 0 Å². The van der Waals surface area contributed by atoms with Gasteiger partial charge in [-0.25, -0.2) is 5.84 Å². The largest absolute Gasteiger partial charge is 0.275 e. The van der Waals surface area contributed by atoms with Gasteiger partial charge >= 0.3 is 0 Å². The number of rotatable bonds is 4. The molecule has 4 nitrogen and oxygen atoms in total. The van der Waals surface area contributed by atoms with Gasteiger partial charge in [-0.3, -0.25) is 14.8 Å². The van der Waals surface area contributed by atoms with Gasteiger partial charge in [0.05, 0.1) is 12.2 Å². The van der Waals surface area contributed by atoms with E-state index in [1.54, 1.807) is 6.20 Å². The molecule has 0 aliphatic heterocycles. The van der Waals surface area contributed by atoms with Gasteiger partial charge in [0, 0.05) is 12.6 Å². The monoisotopic (exact) mass is 193 g/mol. The van der Waals surface area contributed by atoms with E-state index in [0.29, 0.717) is 13.0 Å². The molecule has 1 heterocycles. The van der Waals surface area contributed by atoms with Crippen LogP contribution in [0.1, 0.15) is 25.5 Å².